The summed E-state index contributed by atoms with van der Waals surface area (Å²) >= 11 is 0. The zero-order chi connectivity index (χ0) is 8.10. The summed E-state index contributed by atoms with van der Waals surface area (Å²) in [5.41, 5.74) is 0. The molecular weight excluding hydrogens is 139 g/mol. The van der Waals surface area contributed by atoms with Gasteiger partial charge in [-0.2, -0.15) is 0 Å². The van der Waals surface area contributed by atoms with E-state index in [1.807, 2.05) is 0 Å². The second kappa shape index (κ2) is 4.74. The lowest BCUT2D eigenvalue weighted by atomic mass is 9.81. The highest BCUT2D eigenvalue weighted by atomic mass is 19.1. The van der Waals surface area contributed by atoms with Gasteiger partial charge >= 0.3 is 0 Å². The highest BCUT2D eigenvalue weighted by Crippen LogP contribution is 2.30. The predicted molar refractivity (Wildman–Crippen MR) is 46.3 cm³/mol. The van der Waals surface area contributed by atoms with Crippen molar-refractivity contribution in [3.05, 3.63) is 0 Å². The zero-order valence-corrected chi connectivity index (χ0v) is 7.48. The first-order valence-corrected chi connectivity index (χ1v) is 4.89. The maximum Gasteiger partial charge on any atom is 0.0894 e. The van der Waals surface area contributed by atoms with Gasteiger partial charge in [0.2, 0.25) is 0 Å². The molecule has 11 heavy (non-hydrogen) atoms. The molecule has 1 heteroatoms. The molecule has 1 rings (SSSR count). The van der Waals surface area contributed by atoms with E-state index >= 15 is 0 Å². The quantitative estimate of drug-likeness (QED) is 0.589. The van der Waals surface area contributed by atoms with Crippen molar-refractivity contribution in [2.24, 2.45) is 11.8 Å². The lowest BCUT2D eigenvalue weighted by Gasteiger charge is -2.25. The molecule has 0 nitrogen and oxygen atoms in total. The Morgan fingerprint density at radius 1 is 1.18 bits per heavy atom. The Hall–Kier alpha value is -0.0700. The van der Waals surface area contributed by atoms with Crippen molar-refractivity contribution in [2.45, 2.75) is 45.4 Å². The molecule has 0 atom stereocenters. The summed E-state index contributed by atoms with van der Waals surface area (Å²) < 4.78 is 11.8. The Balaban J connectivity index is 2.07. The molecule has 0 aliphatic heterocycles. The molecule has 0 heterocycles. The first kappa shape index (κ1) is 9.02. The van der Waals surface area contributed by atoms with Crippen LogP contribution < -0.4 is 0 Å². The Morgan fingerprint density at radius 3 is 2.36 bits per heavy atom. The van der Waals surface area contributed by atoms with Gasteiger partial charge in [0.05, 0.1) is 6.67 Å². The highest BCUT2D eigenvalue weighted by Gasteiger charge is 2.17. The summed E-state index contributed by atoms with van der Waals surface area (Å²) in [7, 11) is 0. The van der Waals surface area contributed by atoms with Gasteiger partial charge in [-0.05, 0) is 24.7 Å². The Bertz CT molecular complexity index is 90.3. The van der Waals surface area contributed by atoms with E-state index in [2.05, 4.69) is 6.92 Å². The monoisotopic (exact) mass is 158 g/mol. The summed E-state index contributed by atoms with van der Waals surface area (Å²) in [6.07, 6.45) is 7.36. The second-order valence-corrected chi connectivity index (χ2v) is 3.96. The summed E-state index contributed by atoms with van der Waals surface area (Å²) in [5.74, 6) is 1.78. The van der Waals surface area contributed by atoms with Gasteiger partial charge in [-0.1, -0.05) is 32.6 Å². The van der Waals surface area contributed by atoms with Crippen LogP contribution in [0, 0.1) is 11.8 Å². The molecule has 1 fully saturated rings. The molecule has 0 bridgehead atoms. The lowest BCUT2D eigenvalue weighted by molar-refractivity contribution is 0.266. The van der Waals surface area contributed by atoms with Crippen LogP contribution in [0.4, 0.5) is 4.39 Å². The average Bonchev–Trinajstić information content (AvgIpc) is 2.04. The fourth-order valence-corrected chi connectivity index (χ4v) is 1.98. The Morgan fingerprint density at radius 2 is 1.82 bits per heavy atom. The standard InChI is InChI=1S/C10H19F/c1-9-4-6-10(7-5-9)3-2-8-11/h9-10H,2-8H2,1H3. The SMILES string of the molecule is CC1CCC(CCCF)CC1. The first-order chi connectivity index (χ1) is 5.33. The minimum absolute atomic E-state index is 0.119. The van der Waals surface area contributed by atoms with E-state index < -0.39 is 0 Å². The third-order valence-electron chi connectivity index (χ3n) is 2.88. The van der Waals surface area contributed by atoms with Crippen LogP contribution in [0.15, 0.2) is 0 Å². The minimum Gasteiger partial charge on any atom is -0.251 e. The van der Waals surface area contributed by atoms with E-state index in [9.17, 15) is 4.39 Å². The van der Waals surface area contributed by atoms with Gasteiger partial charge in [0, 0.05) is 0 Å². The van der Waals surface area contributed by atoms with E-state index in [1.54, 1.807) is 0 Å². The largest absolute Gasteiger partial charge is 0.251 e. The van der Waals surface area contributed by atoms with Crippen LogP contribution in [0.3, 0.4) is 0 Å². The van der Waals surface area contributed by atoms with Crippen molar-refractivity contribution in [3.63, 3.8) is 0 Å². The van der Waals surface area contributed by atoms with E-state index in [1.165, 1.54) is 25.7 Å². The first-order valence-electron chi connectivity index (χ1n) is 4.89. The van der Waals surface area contributed by atoms with Crippen molar-refractivity contribution in [1.29, 1.82) is 0 Å². The van der Waals surface area contributed by atoms with Crippen molar-refractivity contribution in [2.75, 3.05) is 6.67 Å². The van der Waals surface area contributed by atoms with Gasteiger partial charge in [0.15, 0.2) is 0 Å². The molecule has 1 saturated carbocycles. The van der Waals surface area contributed by atoms with Crippen LogP contribution >= 0.6 is 0 Å². The molecule has 0 aromatic heterocycles. The Labute approximate surface area is 69.2 Å². The molecule has 0 amide bonds. The van der Waals surface area contributed by atoms with E-state index in [0.717, 1.165) is 24.7 Å². The zero-order valence-electron chi connectivity index (χ0n) is 7.48. The molecule has 0 unspecified atom stereocenters. The molecule has 1 aliphatic carbocycles. The van der Waals surface area contributed by atoms with Crippen LogP contribution in [-0.4, -0.2) is 6.67 Å². The van der Waals surface area contributed by atoms with Crippen molar-refractivity contribution >= 4 is 0 Å². The van der Waals surface area contributed by atoms with Gasteiger partial charge in [0.1, 0.15) is 0 Å². The van der Waals surface area contributed by atoms with Crippen LogP contribution in [-0.2, 0) is 0 Å². The highest BCUT2D eigenvalue weighted by molar-refractivity contribution is 4.69. The van der Waals surface area contributed by atoms with Gasteiger partial charge in [0.25, 0.3) is 0 Å². The second-order valence-electron chi connectivity index (χ2n) is 3.96. The topological polar surface area (TPSA) is 0 Å². The van der Waals surface area contributed by atoms with E-state index in [0.29, 0.717) is 0 Å². The van der Waals surface area contributed by atoms with Crippen LogP contribution in [0.25, 0.3) is 0 Å². The van der Waals surface area contributed by atoms with Crippen LogP contribution in [0.5, 0.6) is 0 Å². The van der Waals surface area contributed by atoms with Gasteiger partial charge < -0.3 is 0 Å². The molecule has 0 aromatic carbocycles. The summed E-state index contributed by atoms with van der Waals surface area (Å²) in [5, 5.41) is 0. The maximum absolute atomic E-state index is 11.8. The smallest absolute Gasteiger partial charge is 0.0894 e. The number of hydrogen-bond acceptors (Lipinski definition) is 0. The number of alkyl halides is 1. The van der Waals surface area contributed by atoms with E-state index in [-0.39, 0.29) is 6.67 Å². The minimum atomic E-state index is -0.119. The fraction of sp³-hybridized carbons (Fsp3) is 1.00. The van der Waals surface area contributed by atoms with Gasteiger partial charge in [-0.15, -0.1) is 0 Å². The molecule has 0 N–H and O–H groups in total. The van der Waals surface area contributed by atoms with Crippen molar-refractivity contribution in [3.8, 4) is 0 Å². The molecule has 0 aromatic rings. The third-order valence-corrected chi connectivity index (χ3v) is 2.88. The summed E-state index contributed by atoms with van der Waals surface area (Å²) in [6, 6.07) is 0. The molecular formula is C10H19F. The Kier molecular flexibility index (Phi) is 3.88. The average molecular weight is 158 g/mol. The molecule has 1 aliphatic rings. The maximum atomic E-state index is 11.8. The van der Waals surface area contributed by atoms with Crippen molar-refractivity contribution < 1.29 is 4.39 Å². The molecule has 0 saturated heterocycles. The third kappa shape index (κ3) is 3.22. The molecule has 0 radical (unpaired) electrons. The van der Waals surface area contributed by atoms with Gasteiger partial charge in [-0.25, -0.2) is 0 Å². The predicted octanol–water partition coefficient (Wildman–Crippen LogP) is 3.56. The number of rotatable bonds is 3. The summed E-state index contributed by atoms with van der Waals surface area (Å²) in [6.45, 7) is 2.21. The molecule has 66 valence electrons. The fourth-order valence-electron chi connectivity index (χ4n) is 1.98. The number of halogens is 1. The number of hydrogen-bond donors (Lipinski definition) is 0. The summed E-state index contributed by atoms with van der Waals surface area (Å²) in [4.78, 5) is 0. The van der Waals surface area contributed by atoms with Crippen LogP contribution in [0.2, 0.25) is 0 Å². The van der Waals surface area contributed by atoms with Gasteiger partial charge in [-0.3, -0.25) is 4.39 Å². The lowest BCUT2D eigenvalue weighted by Crippen LogP contribution is -2.12. The van der Waals surface area contributed by atoms with E-state index in [4.69, 9.17) is 0 Å². The normalized spacial score (nSPS) is 32.2. The van der Waals surface area contributed by atoms with Crippen LogP contribution in [0.1, 0.15) is 45.4 Å². The molecule has 0 spiro atoms. The van der Waals surface area contributed by atoms with Crippen molar-refractivity contribution in [1.82, 2.24) is 0 Å².